The molecule has 0 atom stereocenters. The Hall–Kier alpha value is -5.86. The molecule has 6 aromatic carbocycles. The molecule has 0 unspecified atom stereocenters. The molecule has 0 saturated heterocycles. The molecule has 0 spiro atoms. The first-order chi connectivity index (χ1) is 25.6. The fourth-order valence-corrected chi connectivity index (χ4v) is 10.3. The number of rotatable bonds is 5. The van der Waals surface area contributed by atoms with Gasteiger partial charge < -0.3 is 0 Å². The summed E-state index contributed by atoms with van der Waals surface area (Å²) in [6, 6.07) is 46.7. The Morgan fingerprint density at radius 3 is 2.08 bits per heavy atom. The van der Waals surface area contributed by atoms with Crippen molar-refractivity contribution in [2.75, 3.05) is 0 Å². The molecule has 4 nitrogen and oxygen atoms in total. The lowest BCUT2D eigenvalue weighted by Gasteiger charge is -2.11. The predicted molar refractivity (Wildman–Crippen MR) is 223 cm³/mol. The molecule has 0 aliphatic heterocycles. The summed E-state index contributed by atoms with van der Waals surface area (Å²) in [4.78, 5) is 20.4. The molecule has 246 valence electrons. The lowest BCUT2D eigenvalue weighted by atomic mass is 10.0. The quantitative estimate of drug-likeness (QED) is 0.178. The van der Waals surface area contributed by atoms with Gasteiger partial charge in [0.2, 0.25) is 0 Å². The summed E-state index contributed by atoms with van der Waals surface area (Å²) >= 11 is 5.27. The Labute approximate surface area is 311 Å². The summed E-state index contributed by atoms with van der Waals surface area (Å²) in [5, 5.41) is 5.81. The van der Waals surface area contributed by atoms with Crippen molar-refractivity contribution in [1.82, 2.24) is 19.9 Å². The largest absolute Gasteiger partial charge is 0.236 e. The molecule has 0 N–H and O–H groups in total. The number of fused-ring (bicyclic) bond motifs is 5. The Bertz CT molecular complexity index is 3090. The van der Waals surface area contributed by atoms with Crippen molar-refractivity contribution in [2.45, 2.75) is 6.92 Å². The summed E-state index contributed by atoms with van der Waals surface area (Å²) in [5.41, 5.74) is 7.33. The maximum absolute atomic E-state index is 5.22. The van der Waals surface area contributed by atoms with E-state index in [1.807, 2.05) is 24.3 Å². The minimum Gasteiger partial charge on any atom is -0.236 e. The first-order valence-electron chi connectivity index (χ1n) is 17.0. The molecule has 0 amide bonds. The number of hydrogen-bond acceptors (Lipinski definition) is 7. The summed E-state index contributed by atoms with van der Waals surface area (Å²) in [7, 11) is 0. The van der Waals surface area contributed by atoms with Crippen LogP contribution in [0.2, 0.25) is 0 Å². The van der Waals surface area contributed by atoms with Gasteiger partial charge in [0.15, 0.2) is 17.5 Å². The zero-order chi connectivity index (χ0) is 34.8. The second-order valence-corrected chi connectivity index (χ2v) is 15.9. The van der Waals surface area contributed by atoms with Gasteiger partial charge in [-0.3, -0.25) is 0 Å². The highest BCUT2D eigenvalue weighted by Gasteiger charge is 2.18. The zero-order valence-corrected chi connectivity index (χ0v) is 30.4. The van der Waals surface area contributed by atoms with Crippen LogP contribution in [0.4, 0.5) is 0 Å². The first kappa shape index (κ1) is 30.9. The van der Waals surface area contributed by atoms with E-state index in [1.165, 1.54) is 40.4 Å². The second kappa shape index (κ2) is 12.4. The van der Waals surface area contributed by atoms with Crippen molar-refractivity contribution in [3.63, 3.8) is 0 Å². The van der Waals surface area contributed by atoms with E-state index in [2.05, 4.69) is 129 Å². The molecule has 10 rings (SSSR count). The average Bonchev–Trinajstić information content (AvgIpc) is 3.90. The second-order valence-electron chi connectivity index (χ2n) is 12.6. The topological polar surface area (TPSA) is 51.6 Å². The van der Waals surface area contributed by atoms with E-state index in [-0.39, 0.29) is 0 Å². The third-order valence-corrected chi connectivity index (χ3v) is 12.8. The maximum Gasteiger partial charge on any atom is 0.164 e. The third kappa shape index (κ3) is 5.16. The predicted octanol–water partition coefficient (Wildman–Crippen LogP) is 11.6. The SMILES string of the molecule is C=c1sc2c(-c3cccc(-c4nc(-c5ccccc5)nc(-c5cccc6sc7cc(-c8nc9ccccc9s8)ccc7c56)n4)c3)cccc2/c1=C/C. The molecular weight excluding hydrogens is 693 g/mol. The smallest absolute Gasteiger partial charge is 0.164 e. The molecule has 10 aromatic rings. The fourth-order valence-electron chi connectivity index (χ4n) is 7.04. The summed E-state index contributed by atoms with van der Waals surface area (Å²) in [6.45, 7) is 6.40. The van der Waals surface area contributed by atoms with Gasteiger partial charge in [0.25, 0.3) is 0 Å². The van der Waals surface area contributed by atoms with Gasteiger partial charge in [-0.1, -0.05) is 116 Å². The Morgan fingerprint density at radius 1 is 0.500 bits per heavy atom. The molecule has 0 saturated carbocycles. The van der Waals surface area contributed by atoms with Gasteiger partial charge in [0, 0.05) is 57.0 Å². The maximum atomic E-state index is 5.22. The first-order valence-corrected chi connectivity index (χ1v) is 19.5. The molecule has 0 aliphatic carbocycles. The molecule has 4 heterocycles. The van der Waals surface area contributed by atoms with Crippen LogP contribution in [0.3, 0.4) is 0 Å². The molecule has 0 aliphatic rings. The van der Waals surface area contributed by atoms with Crippen LogP contribution in [0, 0.1) is 0 Å². The molecule has 7 heteroatoms. The van der Waals surface area contributed by atoms with Gasteiger partial charge in [-0.05, 0) is 53.6 Å². The van der Waals surface area contributed by atoms with Crippen LogP contribution in [-0.4, -0.2) is 19.9 Å². The monoisotopic (exact) mass is 720 g/mol. The molecule has 4 aromatic heterocycles. The highest BCUT2D eigenvalue weighted by atomic mass is 32.1. The van der Waals surface area contributed by atoms with Gasteiger partial charge in [-0.2, -0.15) is 0 Å². The number of thiazole rings is 1. The summed E-state index contributed by atoms with van der Waals surface area (Å²) < 4.78 is 5.92. The van der Waals surface area contributed by atoms with Gasteiger partial charge in [-0.15, -0.1) is 34.0 Å². The minimum atomic E-state index is 0.638. The lowest BCUT2D eigenvalue weighted by molar-refractivity contribution is 1.08. The van der Waals surface area contributed by atoms with Crippen LogP contribution in [0.5, 0.6) is 0 Å². The van der Waals surface area contributed by atoms with Crippen molar-refractivity contribution in [2.24, 2.45) is 0 Å². The summed E-state index contributed by atoms with van der Waals surface area (Å²) in [5.74, 6) is 1.94. The van der Waals surface area contributed by atoms with E-state index < -0.39 is 0 Å². The number of thiophene rings is 2. The van der Waals surface area contributed by atoms with Crippen LogP contribution in [0.15, 0.2) is 133 Å². The number of nitrogens with zero attached hydrogens (tertiary/aromatic N) is 4. The highest BCUT2D eigenvalue weighted by Crippen LogP contribution is 2.42. The van der Waals surface area contributed by atoms with Gasteiger partial charge in [-0.25, -0.2) is 19.9 Å². The Morgan fingerprint density at radius 2 is 1.21 bits per heavy atom. The number of hydrogen-bond donors (Lipinski definition) is 0. The molecule has 0 radical (unpaired) electrons. The molecular formula is C45H28N4S3. The van der Waals surface area contributed by atoms with Crippen molar-refractivity contribution in [3.8, 4) is 55.9 Å². The van der Waals surface area contributed by atoms with Crippen LogP contribution >= 0.6 is 34.0 Å². The number of benzene rings is 6. The van der Waals surface area contributed by atoms with Crippen LogP contribution in [0.25, 0.3) is 109 Å². The molecule has 0 bridgehead atoms. The third-order valence-electron chi connectivity index (χ3n) is 9.50. The molecule has 0 fully saturated rings. The van der Waals surface area contributed by atoms with Crippen LogP contribution < -0.4 is 9.75 Å². The lowest BCUT2D eigenvalue weighted by Crippen LogP contribution is -2.15. The van der Waals surface area contributed by atoms with Crippen molar-refractivity contribution in [3.05, 3.63) is 143 Å². The number of para-hydroxylation sites is 1. The highest BCUT2D eigenvalue weighted by molar-refractivity contribution is 7.26. The van der Waals surface area contributed by atoms with E-state index >= 15 is 0 Å². The van der Waals surface area contributed by atoms with E-state index in [0.717, 1.165) is 48.3 Å². The van der Waals surface area contributed by atoms with Crippen LogP contribution in [0.1, 0.15) is 6.92 Å². The van der Waals surface area contributed by atoms with Crippen LogP contribution in [-0.2, 0) is 0 Å². The Kier molecular flexibility index (Phi) is 7.39. The van der Waals surface area contributed by atoms with Gasteiger partial charge in [0.05, 0.1) is 10.2 Å². The fraction of sp³-hybridized carbons (Fsp3) is 0.0222. The van der Waals surface area contributed by atoms with Crippen molar-refractivity contribution >= 4 is 87.1 Å². The standard InChI is InChI=1S/C45H28N4S3/c1-3-31-26(2)50-41-32(16-10-17-33(31)41)28-14-9-15-29(24-28)43-47-42(27-12-5-4-6-13-27)48-44(49-43)35-18-11-21-38-40(35)34-23-22-30(25-39(34)51-38)45-46-36-19-7-8-20-37(36)52-45/h3-25H,2H2,1H3/b31-3+. The van der Waals surface area contributed by atoms with Crippen molar-refractivity contribution < 1.29 is 0 Å². The number of aromatic nitrogens is 4. The zero-order valence-electron chi connectivity index (χ0n) is 28.0. The van der Waals surface area contributed by atoms with E-state index in [1.54, 1.807) is 34.0 Å². The average molecular weight is 721 g/mol. The summed E-state index contributed by atoms with van der Waals surface area (Å²) in [6.07, 6.45) is 2.15. The van der Waals surface area contributed by atoms with E-state index in [0.29, 0.717) is 17.5 Å². The Balaban J connectivity index is 1.14. The molecule has 52 heavy (non-hydrogen) atoms. The van der Waals surface area contributed by atoms with E-state index in [4.69, 9.17) is 19.9 Å². The minimum absolute atomic E-state index is 0.638. The van der Waals surface area contributed by atoms with Gasteiger partial charge in [0.1, 0.15) is 5.01 Å². The van der Waals surface area contributed by atoms with E-state index in [9.17, 15) is 0 Å². The van der Waals surface area contributed by atoms with Gasteiger partial charge >= 0.3 is 0 Å². The normalized spacial score (nSPS) is 12.1. The van der Waals surface area contributed by atoms with Crippen molar-refractivity contribution in [1.29, 1.82) is 0 Å².